The molecule has 6 heteroatoms. The first-order valence-electron chi connectivity index (χ1n) is 7.44. The van der Waals surface area contributed by atoms with Crippen molar-refractivity contribution in [3.8, 4) is 0 Å². The van der Waals surface area contributed by atoms with Crippen molar-refractivity contribution in [2.45, 2.75) is 43.5 Å². The van der Waals surface area contributed by atoms with Crippen LogP contribution in [-0.4, -0.2) is 28.9 Å². The lowest BCUT2D eigenvalue weighted by Gasteiger charge is -2.18. The lowest BCUT2D eigenvalue weighted by molar-refractivity contribution is -0.120. The molecule has 22 heavy (non-hydrogen) atoms. The van der Waals surface area contributed by atoms with E-state index in [1.807, 2.05) is 0 Å². The van der Waals surface area contributed by atoms with Gasteiger partial charge in [-0.05, 0) is 25.0 Å². The van der Waals surface area contributed by atoms with Crippen LogP contribution in [0, 0.1) is 0 Å². The molecule has 0 aromatic heterocycles. The molecule has 1 aromatic carbocycles. The Morgan fingerprint density at radius 3 is 2.45 bits per heavy atom. The molecule has 1 aliphatic carbocycles. The summed E-state index contributed by atoms with van der Waals surface area (Å²) in [5.74, 6) is -0.932. The van der Waals surface area contributed by atoms with Crippen LogP contribution in [0.1, 0.15) is 32.1 Å². The first-order valence-corrected chi connectivity index (χ1v) is 8.25. The summed E-state index contributed by atoms with van der Waals surface area (Å²) >= 11 is 12.2. The molecule has 1 saturated heterocycles. The van der Waals surface area contributed by atoms with Gasteiger partial charge >= 0.3 is 0 Å². The number of halogens is 2. The Morgan fingerprint density at radius 1 is 1.09 bits per heavy atom. The summed E-state index contributed by atoms with van der Waals surface area (Å²) in [6.45, 7) is 0. The van der Waals surface area contributed by atoms with Crippen molar-refractivity contribution in [1.82, 2.24) is 0 Å². The summed E-state index contributed by atoms with van der Waals surface area (Å²) < 4.78 is 0. The molecule has 1 aromatic rings. The average Bonchev–Trinajstić information content (AvgIpc) is 2.73. The second-order valence-electron chi connectivity index (χ2n) is 5.60. The second kappa shape index (κ2) is 6.39. The number of benzene rings is 1. The van der Waals surface area contributed by atoms with Gasteiger partial charge in [-0.1, -0.05) is 43.0 Å². The molecule has 0 bridgehead atoms. The number of para-hydroxylation sites is 1. The fourth-order valence-electron chi connectivity index (χ4n) is 2.94. The van der Waals surface area contributed by atoms with Crippen LogP contribution in [0.15, 0.2) is 29.3 Å². The topological polar surface area (TPSA) is 49.7 Å². The van der Waals surface area contributed by atoms with Crippen molar-refractivity contribution in [3.05, 3.63) is 29.3 Å². The summed E-state index contributed by atoms with van der Waals surface area (Å²) in [5.41, 5.74) is 0.511. The average molecular weight is 339 g/mol. The van der Waals surface area contributed by atoms with Gasteiger partial charge in [0.15, 0.2) is 5.38 Å². The zero-order valence-corrected chi connectivity index (χ0v) is 13.5. The number of imide groups is 1. The number of carbonyl (C=O) groups excluding carboxylic acids is 2. The summed E-state index contributed by atoms with van der Waals surface area (Å²) in [6, 6.07) is 6.82. The Hall–Kier alpha value is -1.39. The first-order chi connectivity index (χ1) is 10.6. The van der Waals surface area contributed by atoms with Crippen LogP contribution >= 0.6 is 23.2 Å². The van der Waals surface area contributed by atoms with E-state index in [1.54, 1.807) is 24.3 Å². The van der Waals surface area contributed by atoms with E-state index in [0.717, 1.165) is 30.6 Å². The Morgan fingerprint density at radius 2 is 1.77 bits per heavy atom. The summed E-state index contributed by atoms with van der Waals surface area (Å²) in [6.07, 6.45) is 5.29. The third-order valence-corrected chi connectivity index (χ3v) is 4.80. The zero-order valence-electron chi connectivity index (χ0n) is 12.0. The van der Waals surface area contributed by atoms with Crippen LogP contribution < -0.4 is 4.90 Å². The Balaban J connectivity index is 1.92. The van der Waals surface area contributed by atoms with Crippen LogP contribution in [0.3, 0.4) is 0 Å². The smallest absolute Gasteiger partial charge is 0.279 e. The molecule has 2 fully saturated rings. The van der Waals surface area contributed by atoms with Gasteiger partial charge in [0.05, 0.1) is 16.8 Å². The maximum Gasteiger partial charge on any atom is 0.281 e. The van der Waals surface area contributed by atoms with Crippen LogP contribution in [0.25, 0.3) is 0 Å². The number of hydrogen-bond acceptors (Lipinski definition) is 3. The van der Waals surface area contributed by atoms with E-state index < -0.39 is 17.2 Å². The largest absolute Gasteiger partial charge is 0.281 e. The lowest BCUT2D eigenvalue weighted by atomic mass is 9.96. The van der Waals surface area contributed by atoms with Crippen LogP contribution in [-0.2, 0) is 9.59 Å². The minimum Gasteiger partial charge on any atom is -0.279 e. The minimum atomic E-state index is -1.02. The normalized spacial score (nSPS) is 25.3. The van der Waals surface area contributed by atoms with Gasteiger partial charge in [0.25, 0.3) is 11.8 Å². The maximum atomic E-state index is 12.6. The number of alkyl halides is 1. The van der Waals surface area contributed by atoms with Crippen LogP contribution in [0.4, 0.5) is 5.69 Å². The van der Waals surface area contributed by atoms with Gasteiger partial charge in [-0.3, -0.25) is 14.6 Å². The molecule has 2 amide bonds. The van der Waals surface area contributed by atoms with Crippen molar-refractivity contribution < 1.29 is 9.59 Å². The fourth-order valence-corrected chi connectivity index (χ4v) is 3.41. The highest BCUT2D eigenvalue weighted by Gasteiger charge is 2.45. The number of nitrogens with zero attached hydrogens (tertiary/aromatic N) is 2. The van der Waals surface area contributed by atoms with E-state index in [9.17, 15) is 9.59 Å². The van der Waals surface area contributed by atoms with E-state index >= 15 is 0 Å². The quantitative estimate of drug-likeness (QED) is 0.611. The number of hydrogen-bond donors (Lipinski definition) is 0. The van der Waals surface area contributed by atoms with E-state index in [0.29, 0.717) is 10.7 Å². The van der Waals surface area contributed by atoms with Gasteiger partial charge in [0, 0.05) is 0 Å². The van der Waals surface area contributed by atoms with Crippen LogP contribution in [0.2, 0.25) is 5.02 Å². The minimum absolute atomic E-state index is 0.0907. The predicted molar refractivity (Wildman–Crippen MR) is 87.9 cm³/mol. The highest BCUT2D eigenvalue weighted by Crippen LogP contribution is 2.31. The van der Waals surface area contributed by atoms with E-state index in [-0.39, 0.29) is 11.8 Å². The monoisotopic (exact) mass is 338 g/mol. The van der Waals surface area contributed by atoms with E-state index in [1.165, 1.54) is 6.42 Å². The van der Waals surface area contributed by atoms with Gasteiger partial charge in [0.1, 0.15) is 5.71 Å². The predicted octanol–water partition coefficient (Wildman–Crippen LogP) is 3.59. The number of anilines is 1. The van der Waals surface area contributed by atoms with Crippen molar-refractivity contribution in [1.29, 1.82) is 0 Å². The molecule has 3 rings (SSSR count). The Labute approximate surface area is 139 Å². The molecule has 2 aliphatic rings. The summed E-state index contributed by atoms with van der Waals surface area (Å²) in [5, 5.41) is -0.683. The molecule has 4 nitrogen and oxygen atoms in total. The maximum absolute atomic E-state index is 12.6. The molecular weight excluding hydrogens is 323 g/mol. The molecule has 1 saturated carbocycles. The van der Waals surface area contributed by atoms with Gasteiger partial charge in [-0.2, -0.15) is 0 Å². The number of rotatable bonds is 2. The molecular formula is C16H16Cl2N2O2. The van der Waals surface area contributed by atoms with Gasteiger partial charge in [-0.15, -0.1) is 11.6 Å². The zero-order chi connectivity index (χ0) is 15.7. The van der Waals surface area contributed by atoms with Gasteiger partial charge in [-0.25, -0.2) is 4.90 Å². The highest BCUT2D eigenvalue weighted by molar-refractivity contribution is 6.68. The summed E-state index contributed by atoms with van der Waals surface area (Å²) in [4.78, 5) is 30.5. The third kappa shape index (κ3) is 2.77. The molecule has 116 valence electrons. The fraction of sp³-hybridized carbons (Fsp3) is 0.438. The first kappa shape index (κ1) is 15.5. The third-order valence-electron chi connectivity index (χ3n) is 4.09. The van der Waals surface area contributed by atoms with Crippen molar-refractivity contribution in [2.24, 2.45) is 4.99 Å². The second-order valence-corrected chi connectivity index (χ2v) is 6.44. The SMILES string of the molecule is O=C1C(=NC2CCCCC2)C(Cl)C(=O)N1c1ccccc1Cl. The Kier molecular flexibility index (Phi) is 4.50. The van der Waals surface area contributed by atoms with Crippen molar-refractivity contribution in [2.75, 3.05) is 4.90 Å². The number of carbonyl (C=O) groups is 2. The summed E-state index contributed by atoms with van der Waals surface area (Å²) in [7, 11) is 0. The van der Waals surface area contributed by atoms with E-state index in [2.05, 4.69) is 4.99 Å². The highest BCUT2D eigenvalue weighted by atomic mass is 35.5. The molecule has 1 heterocycles. The molecule has 0 N–H and O–H groups in total. The van der Waals surface area contributed by atoms with Crippen molar-refractivity contribution >= 4 is 46.4 Å². The molecule has 0 spiro atoms. The van der Waals surface area contributed by atoms with Crippen molar-refractivity contribution in [3.63, 3.8) is 0 Å². The Bertz CT molecular complexity index is 639. The molecule has 1 aliphatic heterocycles. The molecule has 1 atom stereocenters. The standard InChI is InChI=1S/C16H16Cl2N2O2/c17-11-8-4-5-9-12(11)20-15(21)13(18)14(16(20)22)19-10-6-2-1-3-7-10/h4-5,8-10,13H,1-3,6-7H2. The van der Waals surface area contributed by atoms with Gasteiger partial charge < -0.3 is 0 Å². The van der Waals surface area contributed by atoms with Crippen LogP contribution in [0.5, 0.6) is 0 Å². The van der Waals surface area contributed by atoms with E-state index in [4.69, 9.17) is 23.2 Å². The molecule has 0 radical (unpaired) electrons. The lowest BCUT2D eigenvalue weighted by Crippen LogP contribution is -2.31. The number of amides is 2. The van der Waals surface area contributed by atoms with Gasteiger partial charge in [0.2, 0.25) is 0 Å². The molecule has 1 unspecified atom stereocenters. The number of aliphatic imine (C=N–C) groups is 1.